The molecule has 0 unspecified atom stereocenters. The maximum Gasteiger partial charge on any atom is 0.317 e. The predicted molar refractivity (Wildman–Crippen MR) is 98.2 cm³/mol. The van der Waals surface area contributed by atoms with Gasteiger partial charge < -0.3 is 10.2 Å². The number of piperazine rings is 1. The molecular formula is C20H31N3O. The summed E-state index contributed by atoms with van der Waals surface area (Å²) in [6.45, 7) is 4.53. The van der Waals surface area contributed by atoms with E-state index in [0.29, 0.717) is 6.54 Å². The van der Waals surface area contributed by atoms with Crippen molar-refractivity contribution in [3.63, 3.8) is 0 Å². The van der Waals surface area contributed by atoms with Crippen molar-refractivity contribution in [2.24, 2.45) is 0 Å². The van der Waals surface area contributed by atoms with Gasteiger partial charge in [0.15, 0.2) is 0 Å². The van der Waals surface area contributed by atoms with Gasteiger partial charge in [-0.2, -0.15) is 0 Å². The fourth-order valence-corrected chi connectivity index (χ4v) is 3.98. The molecule has 0 atom stereocenters. The SMILES string of the molecule is O=C(NCCc1ccccc1)N1CCN(C2CCCCCC2)CC1. The van der Waals surface area contributed by atoms with E-state index in [1.807, 2.05) is 23.1 Å². The van der Waals surface area contributed by atoms with E-state index >= 15 is 0 Å². The lowest BCUT2D eigenvalue weighted by Crippen LogP contribution is -2.54. The van der Waals surface area contributed by atoms with Crippen molar-refractivity contribution < 1.29 is 4.79 Å². The van der Waals surface area contributed by atoms with Gasteiger partial charge >= 0.3 is 6.03 Å². The Kier molecular flexibility index (Phi) is 6.53. The molecule has 3 rings (SSSR count). The number of nitrogens with one attached hydrogen (secondary N) is 1. The number of benzene rings is 1. The van der Waals surface area contributed by atoms with Crippen LogP contribution in [0.1, 0.15) is 44.1 Å². The normalized spacial score (nSPS) is 20.6. The van der Waals surface area contributed by atoms with Crippen LogP contribution in [0, 0.1) is 0 Å². The largest absolute Gasteiger partial charge is 0.338 e. The Balaban J connectivity index is 1.37. The van der Waals surface area contributed by atoms with Gasteiger partial charge in [0.05, 0.1) is 0 Å². The van der Waals surface area contributed by atoms with E-state index in [4.69, 9.17) is 0 Å². The molecule has 2 fully saturated rings. The number of hydrogen-bond acceptors (Lipinski definition) is 2. The molecule has 0 bridgehead atoms. The van der Waals surface area contributed by atoms with Crippen LogP contribution in [-0.4, -0.2) is 54.6 Å². The summed E-state index contributed by atoms with van der Waals surface area (Å²) in [6, 6.07) is 11.2. The van der Waals surface area contributed by atoms with E-state index in [-0.39, 0.29) is 6.03 Å². The lowest BCUT2D eigenvalue weighted by molar-refractivity contribution is 0.101. The summed E-state index contributed by atoms with van der Waals surface area (Å²) in [5.41, 5.74) is 1.27. The highest BCUT2D eigenvalue weighted by Crippen LogP contribution is 2.22. The highest BCUT2D eigenvalue weighted by Gasteiger charge is 2.26. The van der Waals surface area contributed by atoms with Crippen molar-refractivity contribution in [2.75, 3.05) is 32.7 Å². The molecule has 4 heteroatoms. The van der Waals surface area contributed by atoms with Crippen LogP contribution in [-0.2, 0) is 6.42 Å². The average Bonchev–Trinajstić information content (AvgIpc) is 2.92. The van der Waals surface area contributed by atoms with Crippen LogP contribution in [0.25, 0.3) is 0 Å². The summed E-state index contributed by atoms with van der Waals surface area (Å²) in [4.78, 5) is 16.9. The smallest absolute Gasteiger partial charge is 0.317 e. The number of nitrogens with zero attached hydrogens (tertiary/aromatic N) is 2. The quantitative estimate of drug-likeness (QED) is 0.861. The molecule has 1 aliphatic carbocycles. The molecule has 0 aromatic heterocycles. The Morgan fingerprint density at radius 3 is 2.29 bits per heavy atom. The van der Waals surface area contributed by atoms with Crippen LogP contribution >= 0.6 is 0 Å². The second-order valence-corrected chi connectivity index (χ2v) is 7.14. The summed E-state index contributed by atoms with van der Waals surface area (Å²) < 4.78 is 0. The highest BCUT2D eigenvalue weighted by atomic mass is 16.2. The molecule has 1 N–H and O–H groups in total. The summed E-state index contributed by atoms with van der Waals surface area (Å²) in [7, 11) is 0. The molecule has 2 amide bonds. The standard InChI is InChI=1S/C20H31N3O/c24-20(21-13-12-18-8-4-3-5-9-18)23-16-14-22(15-17-23)19-10-6-1-2-7-11-19/h3-5,8-9,19H,1-2,6-7,10-17H2,(H,21,24). The number of urea groups is 1. The highest BCUT2D eigenvalue weighted by molar-refractivity contribution is 5.74. The summed E-state index contributed by atoms with van der Waals surface area (Å²) in [5.74, 6) is 0. The third-order valence-corrected chi connectivity index (χ3v) is 5.48. The minimum atomic E-state index is 0.103. The third kappa shape index (κ3) is 4.97. The Morgan fingerprint density at radius 2 is 1.62 bits per heavy atom. The van der Waals surface area contributed by atoms with Crippen LogP contribution in [0.4, 0.5) is 4.79 Å². The molecule has 1 aromatic rings. The predicted octanol–water partition coefficient (Wildman–Crippen LogP) is 3.28. The Morgan fingerprint density at radius 1 is 0.958 bits per heavy atom. The van der Waals surface area contributed by atoms with Gasteiger partial charge in [0.2, 0.25) is 0 Å². The zero-order chi connectivity index (χ0) is 16.6. The number of hydrogen-bond donors (Lipinski definition) is 1. The number of rotatable bonds is 4. The fraction of sp³-hybridized carbons (Fsp3) is 0.650. The van der Waals surface area contributed by atoms with Crippen LogP contribution < -0.4 is 5.32 Å². The third-order valence-electron chi connectivity index (χ3n) is 5.48. The second-order valence-electron chi connectivity index (χ2n) is 7.14. The van der Waals surface area contributed by atoms with Crippen molar-refractivity contribution in [3.05, 3.63) is 35.9 Å². The van der Waals surface area contributed by atoms with Crippen molar-refractivity contribution >= 4 is 6.03 Å². The number of carbonyl (C=O) groups is 1. The maximum absolute atomic E-state index is 12.3. The average molecular weight is 329 g/mol. The van der Waals surface area contributed by atoms with E-state index in [1.54, 1.807) is 0 Å². The first-order chi connectivity index (χ1) is 11.8. The summed E-state index contributed by atoms with van der Waals surface area (Å²) in [5, 5.41) is 3.07. The van der Waals surface area contributed by atoms with Gasteiger partial charge in [0.1, 0.15) is 0 Å². The molecule has 24 heavy (non-hydrogen) atoms. The van der Waals surface area contributed by atoms with Crippen LogP contribution in [0.15, 0.2) is 30.3 Å². The first-order valence-corrected chi connectivity index (χ1v) is 9.64. The van der Waals surface area contributed by atoms with Crippen molar-refractivity contribution in [1.29, 1.82) is 0 Å². The Bertz CT molecular complexity index is 489. The van der Waals surface area contributed by atoms with Crippen molar-refractivity contribution in [1.82, 2.24) is 15.1 Å². The van der Waals surface area contributed by atoms with Gasteiger partial charge in [0.25, 0.3) is 0 Å². The van der Waals surface area contributed by atoms with Gasteiger partial charge in [-0.05, 0) is 24.8 Å². The first-order valence-electron chi connectivity index (χ1n) is 9.64. The molecule has 0 radical (unpaired) electrons. The molecule has 4 nitrogen and oxygen atoms in total. The molecule has 1 saturated heterocycles. The van der Waals surface area contributed by atoms with Gasteiger partial charge in [0, 0.05) is 38.8 Å². The van der Waals surface area contributed by atoms with E-state index in [9.17, 15) is 4.79 Å². The molecule has 1 aromatic carbocycles. The molecule has 1 saturated carbocycles. The summed E-state index contributed by atoms with van der Waals surface area (Å²) in [6.07, 6.45) is 9.16. The second kappa shape index (κ2) is 9.07. The molecule has 132 valence electrons. The minimum Gasteiger partial charge on any atom is -0.338 e. The van der Waals surface area contributed by atoms with E-state index < -0.39 is 0 Å². The van der Waals surface area contributed by atoms with Gasteiger partial charge in [-0.25, -0.2) is 4.79 Å². The topological polar surface area (TPSA) is 35.6 Å². The number of amides is 2. The molecule has 1 heterocycles. The molecular weight excluding hydrogens is 298 g/mol. The van der Waals surface area contributed by atoms with E-state index in [0.717, 1.165) is 38.6 Å². The van der Waals surface area contributed by atoms with E-state index in [2.05, 4.69) is 22.3 Å². The van der Waals surface area contributed by atoms with Gasteiger partial charge in [-0.3, -0.25) is 4.90 Å². The molecule has 0 spiro atoms. The maximum atomic E-state index is 12.3. The molecule has 1 aliphatic heterocycles. The Labute approximate surface area is 146 Å². The van der Waals surface area contributed by atoms with E-state index in [1.165, 1.54) is 44.1 Å². The van der Waals surface area contributed by atoms with Gasteiger partial charge in [-0.15, -0.1) is 0 Å². The first kappa shape index (κ1) is 17.3. The summed E-state index contributed by atoms with van der Waals surface area (Å²) >= 11 is 0. The lowest BCUT2D eigenvalue weighted by atomic mass is 10.1. The minimum absolute atomic E-state index is 0.103. The zero-order valence-electron chi connectivity index (χ0n) is 14.8. The van der Waals surface area contributed by atoms with Crippen LogP contribution in [0.3, 0.4) is 0 Å². The number of carbonyl (C=O) groups excluding carboxylic acids is 1. The lowest BCUT2D eigenvalue weighted by Gasteiger charge is -2.39. The molecule has 2 aliphatic rings. The Hall–Kier alpha value is -1.55. The van der Waals surface area contributed by atoms with Crippen molar-refractivity contribution in [2.45, 2.75) is 51.0 Å². The van der Waals surface area contributed by atoms with Crippen LogP contribution in [0.2, 0.25) is 0 Å². The van der Waals surface area contributed by atoms with Gasteiger partial charge in [-0.1, -0.05) is 56.0 Å². The van der Waals surface area contributed by atoms with Crippen LogP contribution in [0.5, 0.6) is 0 Å². The zero-order valence-corrected chi connectivity index (χ0v) is 14.8. The monoisotopic (exact) mass is 329 g/mol. The fourth-order valence-electron chi connectivity index (χ4n) is 3.98. The van der Waals surface area contributed by atoms with Crippen molar-refractivity contribution in [3.8, 4) is 0 Å².